The molecule has 5 aliphatic rings. The Labute approximate surface area is 194 Å². The lowest BCUT2D eigenvalue weighted by molar-refractivity contribution is -0.182. The van der Waals surface area contributed by atoms with Crippen LogP contribution in [-0.2, 0) is 14.3 Å². The van der Waals surface area contributed by atoms with Crippen LogP contribution in [-0.4, -0.2) is 99.7 Å². The first-order valence-corrected chi connectivity index (χ1v) is 13.2. The molecule has 3 atom stereocenters. The number of ether oxygens (including phenoxy) is 1. The Kier molecular flexibility index (Phi) is 6.23. The number of thioether (sulfide) groups is 1. The van der Waals surface area contributed by atoms with Gasteiger partial charge in [0.15, 0.2) is 0 Å². The van der Waals surface area contributed by atoms with Crippen molar-refractivity contribution in [1.82, 2.24) is 20.0 Å². The lowest BCUT2D eigenvalue weighted by atomic mass is 9.81. The van der Waals surface area contributed by atoms with E-state index in [9.17, 15) is 9.59 Å². The van der Waals surface area contributed by atoms with Crippen molar-refractivity contribution < 1.29 is 14.3 Å². The molecule has 1 spiro atoms. The quantitative estimate of drug-likeness (QED) is 0.631. The van der Waals surface area contributed by atoms with Crippen LogP contribution >= 0.6 is 23.4 Å². The van der Waals surface area contributed by atoms with Crippen molar-refractivity contribution in [3.8, 4) is 0 Å². The fourth-order valence-electron chi connectivity index (χ4n) is 5.89. The summed E-state index contributed by atoms with van der Waals surface area (Å²) in [5.41, 5.74) is -0.502. The van der Waals surface area contributed by atoms with E-state index in [1.807, 2.05) is 30.5 Å². The van der Waals surface area contributed by atoms with Gasteiger partial charge in [-0.3, -0.25) is 19.8 Å². The number of fused-ring (bicyclic) bond motifs is 1. The van der Waals surface area contributed by atoms with Crippen LogP contribution in [0.15, 0.2) is 0 Å². The van der Waals surface area contributed by atoms with Crippen LogP contribution in [0.2, 0.25) is 0 Å². The number of nitrogens with one attached hydrogen (secondary N) is 1. The van der Waals surface area contributed by atoms with Crippen LogP contribution in [0.5, 0.6) is 0 Å². The van der Waals surface area contributed by atoms with E-state index in [4.69, 9.17) is 16.3 Å². The smallest absolute Gasteiger partial charge is 0.251 e. The first-order valence-electron chi connectivity index (χ1n) is 11.9. The highest BCUT2D eigenvalue weighted by Crippen LogP contribution is 2.42. The molecule has 4 saturated heterocycles. The monoisotopic (exact) mass is 470 g/mol. The molecule has 1 saturated carbocycles. The normalized spacial score (nSPS) is 38.6. The van der Waals surface area contributed by atoms with Gasteiger partial charge in [-0.1, -0.05) is 0 Å². The maximum absolute atomic E-state index is 13.7. The molecule has 0 bridgehead atoms. The van der Waals surface area contributed by atoms with Crippen molar-refractivity contribution in [3.63, 3.8) is 0 Å². The van der Waals surface area contributed by atoms with Crippen molar-refractivity contribution in [2.45, 2.75) is 79.7 Å². The summed E-state index contributed by atoms with van der Waals surface area (Å²) >= 11 is 8.27. The third-order valence-electron chi connectivity index (χ3n) is 7.84. The number of halogens is 1. The maximum atomic E-state index is 13.7. The third-order valence-corrected chi connectivity index (χ3v) is 9.88. The second-order valence-electron chi connectivity index (χ2n) is 10.2. The molecule has 5 rings (SSSR count). The Balaban J connectivity index is 1.31. The minimum atomic E-state index is -0.704. The molecular weight excluding hydrogens is 436 g/mol. The number of carbonyl (C=O) groups is 2. The van der Waals surface area contributed by atoms with Crippen LogP contribution in [0, 0.1) is 5.92 Å². The molecule has 3 unspecified atom stereocenters. The van der Waals surface area contributed by atoms with Gasteiger partial charge in [0.2, 0.25) is 5.91 Å². The summed E-state index contributed by atoms with van der Waals surface area (Å²) in [4.78, 5) is 33.0. The highest BCUT2D eigenvalue weighted by atomic mass is 35.5. The molecule has 5 fully saturated rings. The molecule has 31 heavy (non-hydrogen) atoms. The van der Waals surface area contributed by atoms with Gasteiger partial charge in [-0.25, -0.2) is 0 Å². The molecule has 0 aromatic carbocycles. The molecule has 0 aromatic heterocycles. The number of rotatable bonds is 4. The number of carbonyl (C=O) groups excluding carboxylic acids is 2. The minimum absolute atomic E-state index is 0.0372. The summed E-state index contributed by atoms with van der Waals surface area (Å²) in [5, 5.41) is 4.54. The van der Waals surface area contributed by atoms with Gasteiger partial charge in [0.1, 0.15) is 17.6 Å². The van der Waals surface area contributed by atoms with Crippen molar-refractivity contribution in [2.75, 3.05) is 39.4 Å². The van der Waals surface area contributed by atoms with Gasteiger partial charge in [-0.15, -0.1) is 23.4 Å². The van der Waals surface area contributed by atoms with Crippen molar-refractivity contribution in [1.29, 1.82) is 0 Å². The van der Waals surface area contributed by atoms with Gasteiger partial charge >= 0.3 is 0 Å². The molecule has 2 amide bonds. The predicted octanol–water partition coefficient (Wildman–Crippen LogP) is 1.70. The largest absolute Gasteiger partial charge is 0.380 e. The maximum Gasteiger partial charge on any atom is 0.251 e. The first kappa shape index (κ1) is 22.3. The third kappa shape index (κ3) is 4.01. The van der Waals surface area contributed by atoms with E-state index < -0.39 is 5.54 Å². The van der Waals surface area contributed by atoms with Crippen molar-refractivity contribution >= 4 is 35.2 Å². The van der Waals surface area contributed by atoms with Crippen molar-refractivity contribution in [2.24, 2.45) is 5.92 Å². The second kappa shape index (κ2) is 8.67. The number of nitrogens with zero attached hydrogens (tertiary/aromatic N) is 3. The predicted molar refractivity (Wildman–Crippen MR) is 122 cm³/mol. The van der Waals surface area contributed by atoms with Crippen LogP contribution in [0.1, 0.15) is 46.0 Å². The Morgan fingerprint density at radius 2 is 1.94 bits per heavy atom. The van der Waals surface area contributed by atoms with E-state index in [0.717, 1.165) is 45.3 Å². The second-order valence-corrected chi connectivity index (χ2v) is 12.2. The molecule has 1 aliphatic carbocycles. The molecule has 174 valence electrons. The summed E-state index contributed by atoms with van der Waals surface area (Å²) in [5.74, 6) is 0.686. The number of likely N-dealkylation sites (tertiary alicyclic amines) is 1. The van der Waals surface area contributed by atoms with Crippen LogP contribution in [0.25, 0.3) is 0 Å². The Hall–Kier alpha value is -0.540. The van der Waals surface area contributed by atoms with Gasteiger partial charge in [0.25, 0.3) is 5.91 Å². The van der Waals surface area contributed by atoms with Crippen LogP contribution < -0.4 is 5.32 Å². The molecule has 4 heterocycles. The highest BCUT2D eigenvalue weighted by molar-refractivity contribution is 8.00. The summed E-state index contributed by atoms with van der Waals surface area (Å²) < 4.78 is 5.64. The van der Waals surface area contributed by atoms with Gasteiger partial charge in [-0.05, 0) is 51.9 Å². The van der Waals surface area contributed by atoms with E-state index in [-0.39, 0.29) is 35.3 Å². The Bertz CT molecular complexity index is 697. The fourth-order valence-corrected chi connectivity index (χ4v) is 7.63. The standard InChI is InChI=1S/C22H35ClN4O3S/c1-14(2)26-10-19(28)27(9-15-3-5-16(23)6-4-15)22(20(26)29)12-25(13-22)21-24-17-11-30-8-7-18(17)31-21/h14-18,21,24H,3-13H2,1-2H3. The van der Waals surface area contributed by atoms with Crippen LogP contribution in [0.4, 0.5) is 0 Å². The van der Waals surface area contributed by atoms with Crippen LogP contribution in [0.3, 0.4) is 0 Å². The van der Waals surface area contributed by atoms with Gasteiger partial charge in [0, 0.05) is 49.0 Å². The number of alkyl halides is 1. The average molecular weight is 471 g/mol. The number of piperazine rings is 1. The minimum Gasteiger partial charge on any atom is -0.380 e. The zero-order chi connectivity index (χ0) is 21.8. The van der Waals surface area contributed by atoms with Gasteiger partial charge < -0.3 is 14.5 Å². The lowest BCUT2D eigenvalue weighted by Gasteiger charge is -2.60. The summed E-state index contributed by atoms with van der Waals surface area (Å²) in [6, 6.07) is 0.424. The average Bonchev–Trinajstić information content (AvgIpc) is 3.14. The summed E-state index contributed by atoms with van der Waals surface area (Å²) in [6.45, 7) is 7.76. The zero-order valence-corrected chi connectivity index (χ0v) is 20.2. The van der Waals surface area contributed by atoms with Crippen molar-refractivity contribution in [3.05, 3.63) is 0 Å². The molecule has 9 heteroatoms. The molecule has 0 radical (unpaired) electrons. The summed E-state index contributed by atoms with van der Waals surface area (Å²) in [7, 11) is 0. The highest BCUT2D eigenvalue weighted by Gasteiger charge is 2.62. The van der Waals surface area contributed by atoms with E-state index in [1.165, 1.54) is 0 Å². The van der Waals surface area contributed by atoms with E-state index >= 15 is 0 Å². The molecule has 4 aliphatic heterocycles. The lowest BCUT2D eigenvalue weighted by Crippen LogP contribution is -2.82. The van der Waals surface area contributed by atoms with Gasteiger partial charge in [-0.2, -0.15) is 0 Å². The molecule has 0 aromatic rings. The number of amides is 2. The number of hydrogen-bond acceptors (Lipinski definition) is 6. The van der Waals surface area contributed by atoms with E-state index in [1.54, 1.807) is 4.90 Å². The van der Waals surface area contributed by atoms with Gasteiger partial charge in [0.05, 0.1) is 6.61 Å². The van der Waals surface area contributed by atoms with E-state index in [0.29, 0.717) is 36.8 Å². The topological polar surface area (TPSA) is 65.1 Å². The molecule has 7 nitrogen and oxygen atoms in total. The fraction of sp³-hybridized carbons (Fsp3) is 0.909. The SMILES string of the molecule is CC(C)N1CC(=O)N(CC2CCC(Cl)CC2)C2(CN(C3NC4COCCC4S3)C2)C1=O. The molecular formula is C22H35ClN4O3S. The Morgan fingerprint density at radius 3 is 2.61 bits per heavy atom. The zero-order valence-electron chi connectivity index (χ0n) is 18.6. The summed E-state index contributed by atoms with van der Waals surface area (Å²) in [6.07, 6.45) is 5.18. The van der Waals surface area contributed by atoms with E-state index in [2.05, 4.69) is 10.2 Å². The first-order chi connectivity index (χ1) is 14.9. The Morgan fingerprint density at radius 1 is 1.19 bits per heavy atom. The number of hydrogen-bond donors (Lipinski definition) is 1. The molecule has 1 N–H and O–H groups in total.